The van der Waals surface area contributed by atoms with Crippen LogP contribution in [0.1, 0.15) is 11.4 Å². The van der Waals surface area contributed by atoms with Gasteiger partial charge in [-0.2, -0.15) is 0 Å². The number of aromatic amines is 1. The number of aromatic nitrogens is 3. The van der Waals surface area contributed by atoms with E-state index >= 15 is 0 Å². The fourth-order valence-corrected chi connectivity index (χ4v) is 1.90. The van der Waals surface area contributed by atoms with E-state index in [1.54, 1.807) is 19.2 Å². The van der Waals surface area contributed by atoms with Crippen molar-refractivity contribution in [2.75, 3.05) is 0 Å². The van der Waals surface area contributed by atoms with Crippen LogP contribution in [0.25, 0.3) is 11.0 Å². The Labute approximate surface area is 115 Å². The minimum absolute atomic E-state index is 0.272. The molecule has 0 spiro atoms. The van der Waals surface area contributed by atoms with Gasteiger partial charge in [0.25, 0.3) is 5.56 Å². The summed E-state index contributed by atoms with van der Waals surface area (Å²) >= 11 is 0. The largest absolute Gasteiger partial charge is 0.483 e. The first-order valence-corrected chi connectivity index (χ1v) is 6.26. The maximum absolute atomic E-state index is 11.9. The lowest BCUT2D eigenvalue weighted by atomic mass is 10.2. The lowest BCUT2D eigenvalue weighted by Gasteiger charge is -2.06. The number of fused-ring (bicyclic) bond motifs is 1. The molecule has 5 heteroatoms. The predicted molar refractivity (Wildman–Crippen MR) is 75.7 cm³/mol. The van der Waals surface area contributed by atoms with E-state index in [-0.39, 0.29) is 11.3 Å². The van der Waals surface area contributed by atoms with E-state index < -0.39 is 0 Å². The van der Waals surface area contributed by atoms with Crippen LogP contribution in [0.5, 0.6) is 5.75 Å². The Kier molecular flexibility index (Phi) is 3.16. The van der Waals surface area contributed by atoms with Gasteiger partial charge in [0.2, 0.25) is 0 Å². The molecule has 0 aliphatic carbocycles. The smallest absolute Gasteiger partial charge is 0.291 e. The van der Waals surface area contributed by atoms with Crippen LogP contribution in [0.3, 0.4) is 0 Å². The molecule has 20 heavy (non-hydrogen) atoms. The summed E-state index contributed by atoms with van der Waals surface area (Å²) in [6, 6.07) is 11.4. The fourth-order valence-electron chi connectivity index (χ4n) is 1.90. The van der Waals surface area contributed by atoms with E-state index in [2.05, 4.69) is 15.0 Å². The Morgan fingerprint density at radius 1 is 1.25 bits per heavy atom. The Hall–Kier alpha value is -2.69. The average molecular weight is 267 g/mol. The standard InChI is InChI=1S/C15H13N3O2/c1-10-16-8-12-7-13(15(19)18-14(12)17-10)20-9-11-5-3-2-4-6-11/h2-8H,9H2,1H3,(H,16,17,18,19). The van der Waals surface area contributed by atoms with Gasteiger partial charge in [-0.05, 0) is 18.6 Å². The van der Waals surface area contributed by atoms with E-state index in [9.17, 15) is 4.79 Å². The van der Waals surface area contributed by atoms with Crippen molar-refractivity contribution < 1.29 is 4.74 Å². The molecule has 0 radical (unpaired) electrons. The molecular weight excluding hydrogens is 254 g/mol. The molecule has 0 amide bonds. The molecule has 0 saturated carbocycles. The number of benzene rings is 1. The van der Waals surface area contributed by atoms with Gasteiger partial charge in [0.05, 0.1) is 0 Å². The Bertz CT molecular complexity index is 797. The Balaban J connectivity index is 1.90. The number of hydrogen-bond donors (Lipinski definition) is 1. The number of rotatable bonds is 3. The molecule has 0 aliphatic heterocycles. The van der Waals surface area contributed by atoms with Gasteiger partial charge in [0.15, 0.2) is 5.75 Å². The van der Waals surface area contributed by atoms with Crippen LogP contribution in [0.4, 0.5) is 0 Å². The second kappa shape index (κ2) is 5.13. The normalized spacial score (nSPS) is 10.7. The summed E-state index contributed by atoms with van der Waals surface area (Å²) in [6.45, 7) is 2.12. The van der Waals surface area contributed by atoms with Gasteiger partial charge in [0.1, 0.15) is 18.1 Å². The van der Waals surface area contributed by atoms with Gasteiger partial charge in [-0.25, -0.2) is 9.97 Å². The minimum atomic E-state index is -0.286. The molecule has 0 saturated heterocycles. The summed E-state index contributed by atoms with van der Waals surface area (Å²) in [4.78, 5) is 22.9. The van der Waals surface area contributed by atoms with Crippen LogP contribution in [-0.4, -0.2) is 15.0 Å². The van der Waals surface area contributed by atoms with Crippen LogP contribution < -0.4 is 10.3 Å². The molecule has 0 atom stereocenters. The summed E-state index contributed by atoms with van der Waals surface area (Å²) < 4.78 is 5.56. The highest BCUT2D eigenvalue weighted by Gasteiger charge is 2.06. The van der Waals surface area contributed by atoms with Crippen molar-refractivity contribution >= 4 is 11.0 Å². The Morgan fingerprint density at radius 2 is 2.05 bits per heavy atom. The van der Waals surface area contributed by atoms with Gasteiger partial charge >= 0.3 is 0 Å². The highest BCUT2D eigenvalue weighted by Crippen LogP contribution is 2.13. The molecule has 0 bridgehead atoms. The fraction of sp³-hybridized carbons (Fsp3) is 0.133. The maximum atomic E-state index is 11.9. The number of H-pyrrole nitrogens is 1. The molecule has 0 aliphatic rings. The SMILES string of the molecule is Cc1ncc2cc(OCc3ccccc3)c(=O)[nH]c2n1. The lowest BCUT2D eigenvalue weighted by molar-refractivity contribution is 0.302. The van der Waals surface area contributed by atoms with E-state index in [1.807, 2.05) is 30.3 Å². The van der Waals surface area contributed by atoms with Crippen molar-refractivity contribution in [3.63, 3.8) is 0 Å². The minimum Gasteiger partial charge on any atom is -0.483 e. The van der Waals surface area contributed by atoms with Gasteiger partial charge in [0, 0.05) is 11.6 Å². The second-order valence-electron chi connectivity index (χ2n) is 4.46. The van der Waals surface area contributed by atoms with Crippen LogP contribution in [0.15, 0.2) is 47.4 Å². The van der Waals surface area contributed by atoms with Gasteiger partial charge in [-0.1, -0.05) is 30.3 Å². The Morgan fingerprint density at radius 3 is 2.85 bits per heavy atom. The van der Waals surface area contributed by atoms with Crippen molar-refractivity contribution in [3.8, 4) is 5.75 Å². The molecule has 1 N–H and O–H groups in total. The zero-order chi connectivity index (χ0) is 13.9. The molecule has 2 heterocycles. The number of pyridine rings is 1. The van der Waals surface area contributed by atoms with E-state index in [0.29, 0.717) is 18.1 Å². The molecule has 2 aromatic heterocycles. The van der Waals surface area contributed by atoms with Gasteiger partial charge in [-0.15, -0.1) is 0 Å². The number of nitrogens with one attached hydrogen (secondary N) is 1. The highest BCUT2D eigenvalue weighted by atomic mass is 16.5. The van der Waals surface area contributed by atoms with E-state index in [1.165, 1.54) is 0 Å². The maximum Gasteiger partial charge on any atom is 0.291 e. The van der Waals surface area contributed by atoms with Crippen molar-refractivity contribution in [2.45, 2.75) is 13.5 Å². The molecule has 5 nitrogen and oxygen atoms in total. The molecule has 3 rings (SSSR count). The van der Waals surface area contributed by atoms with Gasteiger partial charge in [-0.3, -0.25) is 4.79 Å². The van der Waals surface area contributed by atoms with Crippen molar-refractivity contribution in [1.82, 2.24) is 15.0 Å². The summed E-state index contributed by atoms with van der Waals surface area (Å²) in [7, 11) is 0. The average Bonchev–Trinajstić information content (AvgIpc) is 2.46. The molecule has 0 fully saturated rings. The molecule has 3 aromatic rings. The number of hydrogen-bond acceptors (Lipinski definition) is 4. The molecule has 1 aromatic carbocycles. The summed E-state index contributed by atoms with van der Waals surface area (Å²) in [5.41, 5.74) is 1.24. The summed E-state index contributed by atoms with van der Waals surface area (Å²) in [5, 5.41) is 0.748. The first kappa shape index (κ1) is 12.3. The van der Waals surface area contributed by atoms with E-state index in [0.717, 1.165) is 10.9 Å². The van der Waals surface area contributed by atoms with Crippen LogP contribution in [-0.2, 0) is 6.61 Å². The van der Waals surface area contributed by atoms with Gasteiger partial charge < -0.3 is 9.72 Å². The van der Waals surface area contributed by atoms with E-state index in [4.69, 9.17) is 4.74 Å². The quantitative estimate of drug-likeness (QED) is 0.790. The van der Waals surface area contributed by atoms with Crippen molar-refractivity contribution in [2.24, 2.45) is 0 Å². The third-order valence-electron chi connectivity index (χ3n) is 2.92. The first-order chi connectivity index (χ1) is 9.72. The number of ether oxygens (including phenoxy) is 1. The lowest BCUT2D eigenvalue weighted by Crippen LogP contribution is -2.12. The molecular formula is C15H13N3O2. The molecule has 0 unspecified atom stereocenters. The monoisotopic (exact) mass is 267 g/mol. The number of nitrogens with zero attached hydrogens (tertiary/aromatic N) is 2. The third kappa shape index (κ3) is 2.51. The van der Waals surface area contributed by atoms with Crippen LogP contribution in [0.2, 0.25) is 0 Å². The molecule has 100 valence electrons. The zero-order valence-electron chi connectivity index (χ0n) is 11.0. The van der Waals surface area contributed by atoms with Crippen molar-refractivity contribution in [1.29, 1.82) is 0 Å². The summed E-state index contributed by atoms with van der Waals surface area (Å²) in [6.07, 6.45) is 1.67. The topological polar surface area (TPSA) is 67.9 Å². The first-order valence-electron chi connectivity index (χ1n) is 6.26. The zero-order valence-corrected chi connectivity index (χ0v) is 11.0. The second-order valence-corrected chi connectivity index (χ2v) is 4.46. The summed E-state index contributed by atoms with van der Waals surface area (Å²) in [5.74, 6) is 0.889. The van der Waals surface area contributed by atoms with Crippen LogP contribution >= 0.6 is 0 Å². The highest BCUT2D eigenvalue weighted by molar-refractivity contribution is 5.74. The van der Waals surface area contributed by atoms with Crippen LogP contribution in [0, 0.1) is 6.92 Å². The number of aryl methyl sites for hydroxylation is 1. The van der Waals surface area contributed by atoms with Crippen molar-refractivity contribution in [3.05, 3.63) is 64.3 Å². The predicted octanol–water partition coefficient (Wildman–Crippen LogP) is 2.21. The third-order valence-corrected chi connectivity index (χ3v) is 2.92.